The van der Waals surface area contributed by atoms with E-state index >= 15 is 0 Å². The highest BCUT2D eigenvalue weighted by atomic mass is 33.2. The van der Waals surface area contributed by atoms with Gasteiger partial charge in [-0.25, -0.2) is 43.3 Å². The minimum absolute atomic E-state index is 0.0292. The van der Waals surface area contributed by atoms with Crippen LogP contribution in [0.15, 0.2) is 0 Å². The van der Waals surface area contributed by atoms with Crippen LogP contribution < -0.4 is 10.6 Å². The van der Waals surface area contributed by atoms with E-state index in [2.05, 4.69) is 23.1 Å². The second kappa shape index (κ2) is 36.3. The molecule has 23 nitrogen and oxygen atoms in total. The van der Waals surface area contributed by atoms with Gasteiger partial charge in [-0.3, -0.25) is 9.59 Å². The quantitative estimate of drug-likeness (QED) is 0.0303. The molecule has 4 unspecified atom stereocenters. The Bertz CT molecular complexity index is 1760. The summed E-state index contributed by atoms with van der Waals surface area (Å²) in [6, 6.07) is 0. The summed E-state index contributed by atoms with van der Waals surface area (Å²) < 4.78 is 138. The number of amides is 2. The largest absolute Gasteiger partial charge is 0.438 e. The molecule has 4 atom stereocenters. The number of rotatable bonds is 35. The summed E-state index contributed by atoms with van der Waals surface area (Å²) in [7, 11) is -7.53. The van der Waals surface area contributed by atoms with E-state index in [1.807, 2.05) is 0 Å². The number of hydrogen-bond acceptors (Lipinski definition) is 27. The highest BCUT2D eigenvalue weighted by Gasteiger charge is 2.20. The van der Waals surface area contributed by atoms with E-state index in [1.54, 1.807) is 21.6 Å². The standard InChI is InChI=1S/C28H52N2O21S8.C2H6S2/c1-21(54-58(5,39)40)12-26(32)49-18-45-16-24(47-20-51-28(34)30-22(2)55-59(6,41)42)14-43-13-23(46-19-50-27(33)29-9-11-53-57(4,37)38)15-44-17-48-25(31)8-7-10-52-56(3,35)36;1-3-4-2/h21-24H,7-20H2,1-6H3,(H,29,33)(H,30,34);1-2H3. The third-order valence-corrected chi connectivity index (χ3v) is 18.0. The first kappa shape index (κ1) is 64.3. The van der Waals surface area contributed by atoms with Crippen LogP contribution in [0.1, 0.15) is 33.1 Å². The SMILES string of the molecule is CC(CC(=O)OCOCC(COCC(COCOC(=O)CCCSS(C)(=O)=O)OCOC(=O)NCCSS(C)(=O)=O)OCOC(=O)NC(C)SS(C)(=O)=O)SS(C)(=O)=O.CSSC. The molecule has 0 aliphatic carbocycles. The number of alkyl carbamates (subject to hydrolysis) is 2. The van der Waals surface area contributed by atoms with Crippen molar-refractivity contribution < 1.29 is 95.5 Å². The molecule has 0 radical (unpaired) electrons. The normalized spacial score (nSPS) is 13.9. The number of hydrogen-bond donors (Lipinski definition) is 2. The maximum atomic E-state index is 12.1. The van der Waals surface area contributed by atoms with Gasteiger partial charge in [-0.05, 0) is 69.0 Å². The van der Waals surface area contributed by atoms with Gasteiger partial charge in [0.05, 0.1) is 38.2 Å². The van der Waals surface area contributed by atoms with Gasteiger partial charge >= 0.3 is 24.1 Å². The van der Waals surface area contributed by atoms with E-state index in [-0.39, 0.29) is 63.7 Å². The fourth-order valence-electron chi connectivity index (χ4n) is 3.58. The van der Waals surface area contributed by atoms with Crippen LogP contribution in [0.3, 0.4) is 0 Å². The fraction of sp³-hybridized carbons (Fsp3) is 0.867. The van der Waals surface area contributed by atoms with Gasteiger partial charge in [0.15, 0.2) is 53.8 Å². The van der Waals surface area contributed by atoms with E-state index in [1.165, 1.54) is 13.8 Å². The summed E-state index contributed by atoms with van der Waals surface area (Å²) in [4.78, 5) is 48.3. The van der Waals surface area contributed by atoms with Crippen LogP contribution in [0.5, 0.6) is 0 Å². The van der Waals surface area contributed by atoms with Crippen LogP contribution in [0.4, 0.5) is 9.59 Å². The maximum Gasteiger partial charge on any atom is 0.410 e. The smallest absolute Gasteiger partial charge is 0.410 e. The van der Waals surface area contributed by atoms with Gasteiger partial charge in [-0.2, -0.15) is 0 Å². The lowest BCUT2D eigenvalue weighted by atomic mass is 10.3. The van der Waals surface area contributed by atoms with Crippen molar-refractivity contribution in [2.75, 3.05) is 109 Å². The van der Waals surface area contributed by atoms with Crippen molar-refractivity contribution >= 4 is 124 Å². The van der Waals surface area contributed by atoms with Gasteiger partial charge in [0, 0.05) is 54.7 Å². The van der Waals surface area contributed by atoms with Crippen molar-refractivity contribution in [3.05, 3.63) is 0 Å². The monoisotopic (exact) mass is 1100 g/mol. The van der Waals surface area contributed by atoms with Gasteiger partial charge in [0.2, 0.25) is 8.87 Å². The second-order valence-corrected chi connectivity index (χ2v) is 33.4. The predicted octanol–water partition coefficient (Wildman–Crippen LogP) is 2.48. The molecular weight excluding hydrogens is 1040 g/mol. The van der Waals surface area contributed by atoms with Gasteiger partial charge < -0.3 is 53.3 Å². The van der Waals surface area contributed by atoms with Crippen molar-refractivity contribution in [2.45, 2.75) is 55.9 Å². The van der Waals surface area contributed by atoms with E-state index in [0.717, 1.165) is 25.0 Å². The van der Waals surface area contributed by atoms with Crippen molar-refractivity contribution in [1.29, 1.82) is 0 Å². The molecule has 0 aromatic rings. The molecule has 0 spiro atoms. The fourth-order valence-corrected chi connectivity index (χ4v) is 12.2. The molecular formula is C30H58N2O21S10. The van der Waals surface area contributed by atoms with Crippen molar-refractivity contribution in [3.63, 3.8) is 0 Å². The van der Waals surface area contributed by atoms with E-state index in [9.17, 15) is 52.8 Å². The van der Waals surface area contributed by atoms with Crippen LogP contribution in [-0.2, 0) is 87.7 Å². The Balaban J connectivity index is 0. The highest BCUT2D eigenvalue weighted by Crippen LogP contribution is 2.20. The zero-order valence-corrected chi connectivity index (χ0v) is 44.0. The summed E-state index contributed by atoms with van der Waals surface area (Å²) in [6.07, 6.45) is 4.13. The molecule has 33 heteroatoms. The molecule has 0 aromatic heterocycles. The van der Waals surface area contributed by atoms with Gasteiger partial charge in [0.1, 0.15) is 12.2 Å². The first-order chi connectivity index (χ1) is 29.1. The molecule has 0 bridgehead atoms. The Morgan fingerprint density at radius 2 is 1.02 bits per heavy atom. The first-order valence-electron chi connectivity index (χ1n) is 17.8. The molecule has 63 heavy (non-hydrogen) atoms. The van der Waals surface area contributed by atoms with Crippen molar-refractivity contribution in [1.82, 2.24) is 10.6 Å². The number of carbonyl (C=O) groups is 4. The molecule has 0 aliphatic rings. The second-order valence-electron chi connectivity index (χ2n) is 12.0. The summed E-state index contributed by atoms with van der Waals surface area (Å²) in [5, 5.41) is 3.17. The maximum absolute atomic E-state index is 12.1. The zero-order valence-electron chi connectivity index (χ0n) is 35.9. The molecule has 374 valence electrons. The molecule has 0 fully saturated rings. The molecule has 0 saturated heterocycles. The summed E-state index contributed by atoms with van der Waals surface area (Å²) >= 11 is 0. The number of nitrogens with one attached hydrogen (secondary N) is 2. The van der Waals surface area contributed by atoms with E-state index in [4.69, 9.17) is 42.6 Å². The zero-order chi connectivity index (χ0) is 48.5. The lowest BCUT2D eigenvalue weighted by molar-refractivity contribution is -0.171. The molecule has 0 aliphatic heterocycles. The Hall–Kier alpha value is -0.820. The Morgan fingerprint density at radius 3 is 1.49 bits per heavy atom. The first-order valence-corrected chi connectivity index (χ1v) is 34.1. The Morgan fingerprint density at radius 1 is 0.556 bits per heavy atom. The summed E-state index contributed by atoms with van der Waals surface area (Å²) in [5.41, 5.74) is 0. The molecule has 2 amide bonds. The van der Waals surface area contributed by atoms with Crippen LogP contribution in [-0.4, -0.2) is 190 Å². The van der Waals surface area contributed by atoms with Crippen LogP contribution >= 0.6 is 64.8 Å². The Kier molecular flexibility index (Phi) is 37.0. The summed E-state index contributed by atoms with van der Waals surface area (Å²) in [6.45, 7) is -0.658. The van der Waals surface area contributed by atoms with Gasteiger partial charge in [-0.15, -0.1) is 0 Å². The Labute approximate surface area is 392 Å². The molecule has 0 heterocycles. The molecule has 0 rings (SSSR count). The van der Waals surface area contributed by atoms with Crippen molar-refractivity contribution in [2.24, 2.45) is 0 Å². The van der Waals surface area contributed by atoms with Gasteiger partial charge in [-0.1, -0.05) is 28.5 Å². The third-order valence-electron chi connectivity index (χ3n) is 5.90. The van der Waals surface area contributed by atoms with Crippen LogP contribution in [0.25, 0.3) is 0 Å². The van der Waals surface area contributed by atoms with Crippen LogP contribution in [0, 0.1) is 0 Å². The highest BCUT2D eigenvalue weighted by molar-refractivity contribution is 8.76. The molecule has 0 saturated carbocycles. The summed E-state index contributed by atoms with van der Waals surface area (Å²) in [5.74, 6) is -1.16. The predicted molar refractivity (Wildman–Crippen MR) is 247 cm³/mol. The lowest BCUT2D eigenvalue weighted by Crippen LogP contribution is -2.35. The minimum atomic E-state index is -3.48. The molecule has 0 aromatic carbocycles. The molecule has 2 N–H and O–H groups in total. The minimum Gasteiger partial charge on any atom is -0.438 e. The third kappa shape index (κ3) is 48.9. The number of esters is 2. The van der Waals surface area contributed by atoms with E-state index < -0.39 is 110 Å². The topological polar surface area (TPSA) is 312 Å². The number of ether oxygens (including phenoxy) is 9. The van der Waals surface area contributed by atoms with Gasteiger partial charge in [0.25, 0.3) is 0 Å². The van der Waals surface area contributed by atoms with E-state index in [0.29, 0.717) is 43.2 Å². The lowest BCUT2D eigenvalue weighted by Gasteiger charge is -2.21. The van der Waals surface area contributed by atoms with Crippen molar-refractivity contribution in [3.8, 4) is 0 Å². The number of carbonyl (C=O) groups excluding carboxylic acids is 4. The van der Waals surface area contributed by atoms with Crippen LogP contribution in [0.2, 0.25) is 0 Å². The average Bonchev–Trinajstić information content (AvgIpc) is 3.12. The average molecular weight is 1100 g/mol.